The lowest BCUT2D eigenvalue weighted by Gasteiger charge is -2.40. The summed E-state index contributed by atoms with van der Waals surface area (Å²) in [6, 6.07) is 35.2. The van der Waals surface area contributed by atoms with Gasteiger partial charge in [-0.05, 0) is 65.6 Å². The number of urea groups is 1. The topological polar surface area (TPSA) is 55.8 Å². The number of amides is 2. The molecule has 1 heterocycles. The lowest BCUT2D eigenvalue weighted by molar-refractivity contribution is 0.122. The highest BCUT2D eigenvalue weighted by molar-refractivity contribution is 5.77. The third kappa shape index (κ3) is 6.10. The Morgan fingerprint density at radius 1 is 0.881 bits per heavy atom. The molecule has 4 aromatic rings. The van der Waals surface area contributed by atoms with Crippen LogP contribution in [0.3, 0.4) is 0 Å². The van der Waals surface area contributed by atoms with Gasteiger partial charge in [0.1, 0.15) is 5.82 Å². The molecule has 1 aliphatic carbocycles. The van der Waals surface area contributed by atoms with E-state index in [-0.39, 0.29) is 30.5 Å². The molecule has 0 radical (unpaired) electrons. The summed E-state index contributed by atoms with van der Waals surface area (Å²) >= 11 is 0. The Labute approximate surface area is 247 Å². The van der Waals surface area contributed by atoms with E-state index in [1.54, 1.807) is 12.1 Å². The Kier molecular flexibility index (Phi) is 8.36. The van der Waals surface area contributed by atoms with Crippen LogP contribution in [0.25, 0.3) is 0 Å². The van der Waals surface area contributed by atoms with E-state index < -0.39 is 5.54 Å². The van der Waals surface area contributed by atoms with Gasteiger partial charge in [0.25, 0.3) is 0 Å². The summed E-state index contributed by atoms with van der Waals surface area (Å²) in [7, 11) is 0. The van der Waals surface area contributed by atoms with E-state index in [1.165, 1.54) is 28.8 Å². The number of hydrogen-bond acceptors (Lipinski definition) is 3. The molecule has 1 fully saturated rings. The molecular weight excluding hydrogens is 525 g/mol. The highest BCUT2D eigenvalue weighted by Crippen LogP contribution is 2.38. The van der Waals surface area contributed by atoms with Crippen molar-refractivity contribution >= 4 is 6.03 Å². The number of carbonyl (C=O) groups excluding carboxylic acids is 1. The molecule has 216 valence electrons. The zero-order valence-electron chi connectivity index (χ0n) is 23.8. The van der Waals surface area contributed by atoms with E-state index in [9.17, 15) is 14.3 Å². The first-order valence-corrected chi connectivity index (χ1v) is 14.9. The van der Waals surface area contributed by atoms with Gasteiger partial charge in [0.2, 0.25) is 0 Å². The molecule has 1 saturated carbocycles. The van der Waals surface area contributed by atoms with Crippen LogP contribution in [-0.2, 0) is 19.5 Å². The number of hydrogen-bond donors (Lipinski definition) is 2. The smallest absolute Gasteiger partial charge is 0.318 e. The van der Waals surface area contributed by atoms with Gasteiger partial charge < -0.3 is 15.3 Å². The SMILES string of the molecule is O=C(NC1(CO)CCC(N(Cc2ccccc2)Cc2ccccc2)C1)N1CCc2ccccc2C1c1ccc(F)cc1. The van der Waals surface area contributed by atoms with Crippen LogP contribution in [0.2, 0.25) is 0 Å². The van der Waals surface area contributed by atoms with E-state index in [1.807, 2.05) is 29.2 Å². The van der Waals surface area contributed by atoms with Crippen molar-refractivity contribution < 1.29 is 14.3 Å². The zero-order valence-corrected chi connectivity index (χ0v) is 23.8. The molecule has 5 nitrogen and oxygen atoms in total. The average Bonchev–Trinajstić information content (AvgIpc) is 3.46. The number of aliphatic hydroxyl groups is 1. The number of aliphatic hydroxyl groups excluding tert-OH is 1. The Hall–Kier alpha value is -4.00. The minimum Gasteiger partial charge on any atom is -0.394 e. The molecule has 0 aromatic heterocycles. The van der Waals surface area contributed by atoms with Crippen molar-refractivity contribution in [2.75, 3.05) is 13.2 Å². The van der Waals surface area contributed by atoms with Crippen LogP contribution in [0.15, 0.2) is 109 Å². The van der Waals surface area contributed by atoms with E-state index in [0.717, 1.165) is 37.1 Å². The fraction of sp³-hybridized carbons (Fsp3) is 0.306. The molecule has 42 heavy (non-hydrogen) atoms. The fourth-order valence-corrected chi connectivity index (χ4v) is 6.74. The fourth-order valence-electron chi connectivity index (χ4n) is 6.74. The molecule has 6 heteroatoms. The molecular formula is C36H38FN3O2. The van der Waals surface area contributed by atoms with Crippen molar-refractivity contribution in [1.82, 2.24) is 15.1 Å². The van der Waals surface area contributed by atoms with E-state index in [2.05, 4.69) is 70.9 Å². The summed E-state index contributed by atoms with van der Waals surface area (Å²) in [5.41, 5.74) is 4.91. The Balaban J connectivity index is 1.23. The van der Waals surface area contributed by atoms with Gasteiger partial charge in [-0.15, -0.1) is 0 Å². The number of carbonyl (C=O) groups is 1. The van der Waals surface area contributed by atoms with Crippen LogP contribution in [0, 0.1) is 5.82 Å². The highest BCUT2D eigenvalue weighted by atomic mass is 19.1. The predicted octanol–water partition coefficient (Wildman–Crippen LogP) is 6.47. The standard InChI is InChI=1S/C36H38FN3O2/c37-31-17-15-30(16-18-31)34-33-14-8-7-13-29(33)20-22-40(34)35(42)38-36(26-41)21-19-32(23-36)39(24-27-9-3-1-4-10-27)25-28-11-5-2-6-12-28/h1-18,32,34,41H,19-26H2,(H,38,42). The highest BCUT2D eigenvalue weighted by Gasteiger charge is 2.44. The summed E-state index contributed by atoms with van der Waals surface area (Å²) in [6.07, 6.45) is 2.99. The van der Waals surface area contributed by atoms with Crippen molar-refractivity contribution in [2.45, 2.75) is 56.4 Å². The van der Waals surface area contributed by atoms with Crippen molar-refractivity contribution in [2.24, 2.45) is 0 Å². The number of benzene rings is 4. The molecule has 6 rings (SSSR count). The summed E-state index contributed by atoms with van der Waals surface area (Å²) in [6.45, 7) is 2.02. The third-order valence-corrected chi connectivity index (χ3v) is 8.96. The number of fused-ring (bicyclic) bond motifs is 1. The minimum atomic E-state index is -0.711. The monoisotopic (exact) mass is 563 g/mol. The van der Waals surface area contributed by atoms with Gasteiger partial charge in [-0.3, -0.25) is 4.90 Å². The second-order valence-corrected chi connectivity index (χ2v) is 11.7. The number of halogens is 1. The van der Waals surface area contributed by atoms with E-state index in [0.29, 0.717) is 19.4 Å². The zero-order chi connectivity index (χ0) is 28.9. The maximum atomic E-state index is 14.1. The van der Waals surface area contributed by atoms with Gasteiger partial charge in [-0.1, -0.05) is 97.1 Å². The summed E-state index contributed by atoms with van der Waals surface area (Å²) in [4.78, 5) is 18.4. The summed E-state index contributed by atoms with van der Waals surface area (Å²) < 4.78 is 13.8. The van der Waals surface area contributed by atoms with Crippen molar-refractivity contribution in [3.05, 3.63) is 143 Å². The van der Waals surface area contributed by atoms with E-state index >= 15 is 0 Å². The largest absolute Gasteiger partial charge is 0.394 e. The van der Waals surface area contributed by atoms with Gasteiger partial charge in [-0.25, -0.2) is 9.18 Å². The predicted molar refractivity (Wildman–Crippen MR) is 163 cm³/mol. The van der Waals surface area contributed by atoms with Crippen molar-refractivity contribution in [3.63, 3.8) is 0 Å². The van der Waals surface area contributed by atoms with Gasteiger partial charge in [0, 0.05) is 25.7 Å². The maximum absolute atomic E-state index is 14.1. The van der Waals surface area contributed by atoms with Gasteiger partial charge in [0.15, 0.2) is 0 Å². The number of nitrogens with zero attached hydrogens (tertiary/aromatic N) is 2. The maximum Gasteiger partial charge on any atom is 0.318 e. The quantitative estimate of drug-likeness (QED) is 0.258. The normalized spacial score (nSPS) is 21.7. The second kappa shape index (κ2) is 12.5. The molecule has 4 aromatic carbocycles. The molecule has 0 saturated heterocycles. The van der Waals surface area contributed by atoms with Crippen LogP contribution in [-0.4, -0.2) is 45.7 Å². The first-order valence-electron chi connectivity index (χ1n) is 14.9. The average molecular weight is 564 g/mol. The Morgan fingerprint density at radius 2 is 1.50 bits per heavy atom. The summed E-state index contributed by atoms with van der Waals surface area (Å²) in [5, 5.41) is 14.0. The Bertz CT molecular complexity index is 1440. The minimum absolute atomic E-state index is 0.120. The molecule has 0 spiro atoms. The molecule has 3 atom stereocenters. The van der Waals surface area contributed by atoms with Crippen LogP contribution in [0.1, 0.15) is 53.1 Å². The molecule has 3 unspecified atom stereocenters. The van der Waals surface area contributed by atoms with Crippen LogP contribution < -0.4 is 5.32 Å². The Morgan fingerprint density at radius 3 is 2.14 bits per heavy atom. The molecule has 2 amide bonds. The van der Waals surface area contributed by atoms with Crippen molar-refractivity contribution in [1.29, 1.82) is 0 Å². The van der Waals surface area contributed by atoms with Crippen LogP contribution in [0.5, 0.6) is 0 Å². The first kappa shape index (κ1) is 28.1. The molecule has 0 bridgehead atoms. The number of nitrogens with one attached hydrogen (secondary N) is 1. The van der Waals surface area contributed by atoms with Crippen LogP contribution in [0.4, 0.5) is 9.18 Å². The van der Waals surface area contributed by atoms with Gasteiger partial charge in [-0.2, -0.15) is 0 Å². The van der Waals surface area contributed by atoms with Crippen molar-refractivity contribution in [3.8, 4) is 0 Å². The molecule has 2 N–H and O–H groups in total. The van der Waals surface area contributed by atoms with Crippen LogP contribution >= 0.6 is 0 Å². The second-order valence-electron chi connectivity index (χ2n) is 11.7. The molecule has 1 aliphatic heterocycles. The van der Waals surface area contributed by atoms with Gasteiger partial charge >= 0.3 is 6.03 Å². The lowest BCUT2D eigenvalue weighted by Crippen LogP contribution is -2.56. The third-order valence-electron chi connectivity index (χ3n) is 8.96. The first-order chi connectivity index (χ1) is 20.5. The molecule has 2 aliphatic rings. The van der Waals surface area contributed by atoms with E-state index in [4.69, 9.17) is 0 Å². The number of rotatable bonds is 8. The summed E-state index contributed by atoms with van der Waals surface area (Å²) in [5.74, 6) is -0.300. The van der Waals surface area contributed by atoms with Gasteiger partial charge in [0.05, 0.1) is 18.2 Å². The lowest BCUT2D eigenvalue weighted by atomic mass is 9.88.